The Labute approximate surface area is 211 Å². The molecule has 35 heavy (non-hydrogen) atoms. The van der Waals surface area contributed by atoms with Crippen LogP contribution in [0.4, 0.5) is 5.69 Å². The summed E-state index contributed by atoms with van der Waals surface area (Å²) in [6.07, 6.45) is 0. The largest absolute Gasteiger partial charge is 0.454 e. The predicted molar refractivity (Wildman–Crippen MR) is 134 cm³/mol. The number of ether oxygens (including phenoxy) is 2. The number of fused-ring (bicyclic) bond motifs is 1. The van der Waals surface area contributed by atoms with E-state index < -0.39 is 28.5 Å². The van der Waals surface area contributed by atoms with Crippen LogP contribution in [0.3, 0.4) is 0 Å². The molecule has 9 nitrogen and oxygen atoms in total. The molecule has 1 heterocycles. The molecule has 0 fully saturated rings. The summed E-state index contributed by atoms with van der Waals surface area (Å²) in [6, 6.07) is 10.7. The Hall–Kier alpha value is -2.98. The first kappa shape index (κ1) is 26.6. The number of nitrogens with one attached hydrogen (secondary N) is 1. The third-order valence-electron chi connectivity index (χ3n) is 5.52. The van der Waals surface area contributed by atoms with Gasteiger partial charge in [-0.05, 0) is 51.5 Å². The van der Waals surface area contributed by atoms with Crippen molar-refractivity contribution in [1.82, 2.24) is 10.2 Å². The first-order valence-electron chi connectivity index (χ1n) is 11.3. The number of carbonyl (C=O) groups is 2. The summed E-state index contributed by atoms with van der Waals surface area (Å²) in [7, 11) is -3.84. The van der Waals surface area contributed by atoms with Crippen LogP contribution in [-0.4, -0.2) is 56.3 Å². The van der Waals surface area contributed by atoms with Crippen LogP contribution in [0.2, 0.25) is 5.02 Å². The van der Waals surface area contributed by atoms with Crippen molar-refractivity contribution in [1.29, 1.82) is 0 Å². The Kier molecular flexibility index (Phi) is 8.50. The lowest BCUT2D eigenvalue weighted by Crippen LogP contribution is -2.52. The van der Waals surface area contributed by atoms with Gasteiger partial charge in [0.1, 0.15) is 12.6 Å². The van der Waals surface area contributed by atoms with Crippen molar-refractivity contribution in [3.05, 3.63) is 53.1 Å². The van der Waals surface area contributed by atoms with Crippen LogP contribution in [-0.2, 0) is 26.2 Å². The average molecular weight is 524 g/mol. The van der Waals surface area contributed by atoms with Crippen LogP contribution in [0.25, 0.3) is 0 Å². The maximum Gasteiger partial charge on any atom is 0.244 e. The fourth-order valence-electron chi connectivity index (χ4n) is 3.56. The molecule has 1 aliphatic heterocycles. The van der Waals surface area contributed by atoms with Crippen LogP contribution < -0.4 is 19.1 Å². The summed E-state index contributed by atoms with van der Waals surface area (Å²) in [4.78, 5) is 27.8. The summed E-state index contributed by atoms with van der Waals surface area (Å²) in [5, 5.41) is 3.25. The highest BCUT2D eigenvalue weighted by Gasteiger charge is 2.32. The number of hydrogen-bond donors (Lipinski definition) is 1. The van der Waals surface area contributed by atoms with Crippen molar-refractivity contribution in [2.75, 3.05) is 23.4 Å². The molecule has 0 spiro atoms. The van der Waals surface area contributed by atoms with Gasteiger partial charge >= 0.3 is 0 Å². The predicted octanol–water partition coefficient (Wildman–Crippen LogP) is 3.17. The van der Waals surface area contributed by atoms with E-state index in [4.69, 9.17) is 21.1 Å². The third-order valence-corrected chi connectivity index (χ3v) is 7.63. The minimum Gasteiger partial charge on any atom is -0.454 e. The summed E-state index contributed by atoms with van der Waals surface area (Å²) in [5.74, 6) is -0.237. The van der Waals surface area contributed by atoms with Crippen molar-refractivity contribution in [2.45, 2.75) is 46.3 Å². The molecule has 0 saturated carbocycles. The molecule has 2 aromatic carbocycles. The molecule has 1 aliphatic rings. The number of amides is 2. The second-order valence-corrected chi connectivity index (χ2v) is 11.0. The van der Waals surface area contributed by atoms with Gasteiger partial charge in [0.2, 0.25) is 28.6 Å². The van der Waals surface area contributed by atoms with Gasteiger partial charge in [-0.2, -0.15) is 0 Å². The van der Waals surface area contributed by atoms with E-state index in [2.05, 4.69) is 5.32 Å². The minimum absolute atomic E-state index is 0.0341. The normalized spacial score (nSPS) is 13.4. The van der Waals surface area contributed by atoms with Crippen molar-refractivity contribution < 1.29 is 27.5 Å². The highest BCUT2D eigenvalue weighted by atomic mass is 35.5. The first-order chi connectivity index (χ1) is 16.5. The molecule has 2 amide bonds. The molecule has 2 aromatic rings. The van der Waals surface area contributed by atoms with E-state index in [-0.39, 0.29) is 36.7 Å². The van der Waals surface area contributed by atoms with E-state index in [0.717, 1.165) is 4.31 Å². The van der Waals surface area contributed by atoms with Gasteiger partial charge in [0, 0.05) is 23.7 Å². The van der Waals surface area contributed by atoms with Crippen LogP contribution in [0, 0.1) is 0 Å². The van der Waals surface area contributed by atoms with Gasteiger partial charge in [-0.3, -0.25) is 13.9 Å². The van der Waals surface area contributed by atoms with Crippen molar-refractivity contribution in [3.63, 3.8) is 0 Å². The number of hydrogen-bond acceptors (Lipinski definition) is 6. The van der Waals surface area contributed by atoms with Gasteiger partial charge in [-0.25, -0.2) is 8.42 Å². The second-order valence-electron chi connectivity index (χ2n) is 8.40. The van der Waals surface area contributed by atoms with Crippen molar-refractivity contribution in [2.24, 2.45) is 0 Å². The van der Waals surface area contributed by atoms with Crippen LogP contribution in [0.15, 0.2) is 42.5 Å². The molecular weight excluding hydrogens is 494 g/mol. The fraction of sp³-hybridized carbons (Fsp3) is 0.417. The Morgan fingerprint density at radius 2 is 1.77 bits per heavy atom. The Morgan fingerprint density at radius 3 is 2.43 bits per heavy atom. The van der Waals surface area contributed by atoms with Gasteiger partial charge < -0.3 is 19.7 Å². The maximum absolute atomic E-state index is 13.6. The van der Waals surface area contributed by atoms with Crippen LogP contribution in [0.1, 0.15) is 33.3 Å². The number of anilines is 1. The highest BCUT2D eigenvalue weighted by molar-refractivity contribution is 7.92. The summed E-state index contributed by atoms with van der Waals surface area (Å²) < 4.78 is 37.7. The Morgan fingerprint density at radius 1 is 1.09 bits per heavy atom. The molecule has 190 valence electrons. The molecule has 11 heteroatoms. The summed E-state index contributed by atoms with van der Waals surface area (Å²) >= 11 is 6.32. The number of sulfonamides is 1. The lowest BCUT2D eigenvalue weighted by molar-refractivity contribution is -0.139. The molecule has 0 aromatic heterocycles. The number of halogens is 1. The van der Waals surface area contributed by atoms with Crippen LogP contribution in [0.5, 0.6) is 11.5 Å². The van der Waals surface area contributed by atoms with Crippen molar-refractivity contribution >= 4 is 39.1 Å². The van der Waals surface area contributed by atoms with Crippen LogP contribution >= 0.6 is 11.6 Å². The standard InChI is InChI=1S/C24H30ClN3O6S/c1-5-35(31,32)28(19-10-11-21-22(12-19)34-15-33-21)14-23(29)27(17(4)24(30)26-16(2)3)13-18-8-6-7-9-20(18)25/h6-12,16-17H,5,13-15H2,1-4H3,(H,26,30). The molecule has 0 aliphatic carbocycles. The van der Waals surface area contributed by atoms with Gasteiger partial charge in [0.25, 0.3) is 0 Å². The second kappa shape index (κ2) is 11.2. The summed E-state index contributed by atoms with van der Waals surface area (Å²) in [6.45, 7) is 6.31. The van der Waals surface area contributed by atoms with Gasteiger partial charge in [-0.15, -0.1) is 0 Å². The molecule has 0 bridgehead atoms. The highest BCUT2D eigenvalue weighted by Crippen LogP contribution is 2.36. The van der Waals surface area contributed by atoms with Crippen molar-refractivity contribution in [3.8, 4) is 11.5 Å². The fourth-order valence-corrected chi connectivity index (χ4v) is 4.81. The monoisotopic (exact) mass is 523 g/mol. The lowest BCUT2D eigenvalue weighted by Gasteiger charge is -2.32. The molecule has 0 radical (unpaired) electrons. The smallest absolute Gasteiger partial charge is 0.244 e. The number of rotatable bonds is 10. The van der Waals surface area contributed by atoms with E-state index in [1.807, 2.05) is 13.8 Å². The lowest BCUT2D eigenvalue weighted by atomic mass is 10.1. The number of benzene rings is 2. The molecular formula is C24H30ClN3O6S. The molecule has 0 saturated heterocycles. The van der Waals surface area contributed by atoms with Gasteiger partial charge in [0.15, 0.2) is 11.5 Å². The molecule has 1 N–H and O–H groups in total. The SMILES string of the molecule is CCS(=O)(=O)N(CC(=O)N(Cc1ccccc1Cl)C(C)C(=O)NC(C)C)c1ccc2c(c1)OCO2. The van der Waals surface area contributed by atoms with E-state index >= 15 is 0 Å². The molecule has 1 unspecified atom stereocenters. The minimum atomic E-state index is -3.84. The number of carbonyl (C=O) groups excluding carboxylic acids is 2. The Balaban J connectivity index is 1.95. The molecule has 1 atom stereocenters. The van der Waals surface area contributed by atoms with Gasteiger partial charge in [-0.1, -0.05) is 29.8 Å². The van der Waals surface area contributed by atoms with E-state index in [0.29, 0.717) is 22.1 Å². The zero-order valence-electron chi connectivity index (χ0n) is 20.2. The topological polar surface area (TPSA) is 105 Å². The quantitative estimate of drug-likeness (QED) is 0.513. The molecule has 3 rings (SSSR count). The number of nitrogens with zero attached hydrogens (tertiary/aromatic N) is 2. The van der Waals surface area contributed by atoms with E-state index in [1.165, 1.54) is 17.9 Å². The maximum atomic E-state index is 13.6. The first-order valence-corrected chi connectivity index (χ1v) is 13.3. The zero-order valence-corrected chi connectivity index (χ0v) is 21.7. The van der Waals surface area contributed by atoms with E-state index in [1.54, 1.807) is 43.3 Å². The zero-order chi connectivity index (χ0) is 25.8. The third kappa shape index (κ3) is 6.37. The van der Waals surface area contributed by atoms with Gasteiger partial charge in [0.05, 0.1) is 11.4 Å². The summed E-state index contributed by atoms with van der Waals surface area (Å²) in [5.41, 5.74) is 0.904. The Bertz CT molecular complexity index is 1190. The van der Waals surface area contributed by atoms with E-state index in [9.17, 15) is 18.0 Å². The average Bonchev–Trinajstić information content (AvgIpc) is 3.28.